The van der Waals surface area contributed by atoms with E-state index in [-0.39, 0.29) is 0 Å². The summed E-state index contributed by atoms with van der Waals surface area (Å²) in [6.45, 7) is 2.38. The van der Waals surface area contributed by atoms with Crippen LogP contribution in [0.2, 0.25) is 0 Å². The number of aromatic nitrogens is 3. The molecule has 0 aromatic carbocycles. The first-order valence-corrected chi connectivity index (χ1v) is 6.63. The minimum Gasteiger partial charge on any atom is -0.383 e. The topological polar surface area (TPSA) is 66.0 Å². The van der Waals surface area contributed by atoms with Crippen molar-refractivity contribution >= 4 is 5.82 Å². The molecule has 100 valence electrons. The summed E-state index contributed by atoms with van der Waals surface area (Å²) in [7, 11) is 0. The molecule has 1 saturated carbocycles. The standard InChI is InChI=1S/C14H18N4O/c15-14-12(2-1-5-17-14)13-8-16-10-18(13)6-7-19-9-11-3-4-11/h1-2,5,8,10-11H,3-4,6-7,9H2,(H2,15,17). The third kappa shape index (κ3) is 2.93. The molecule has 0 amide bonds. The van der Waals surface area contributed by atoms with Gasteiger partial charge in [-0.1, -0.05) is 0 Å². The predicted molar refractivity (Wildman–Crippen MR) is 73.4 cm³/mol. The summed E-state index contributed by atoms with van der Waals surface area (Å²) in [5.41, 5.74) is 7.81. The molecule has 0 aliphatic heterocycles. The number of nitrogen functional groups attached to an aromatic ring is 1. The molecule has 2 N–H and O–H groups in total. The van der Waals surface area contributed by atoms with Crippen molar-refractivity contribution in [2.45, 2.75) is 19.4 Å². The van der Waals surface area contributed by atoms with Crippen LogP contribution in [0.1, 0.15) is 12.8 Å². The van der Waals surface area contributed by atoms with Gasteiger partial charge in [-0.3, -0.25) is 0 Å². The molecule has 0 radical (unpaired) electrons. The Bertz CT molecular complexity index is 548. The molecule has 2 aromatic rings. The fraction of sp³-hybridized carbons (Fsp3) is 0.429. The molecule has 2 aromatic heterocycles. The summed E-state index contributed by atoms with van der Waals surface area (Å²) < 4.78 is 7.71. The minimum atomic E-state index is 0.531. The summed E-state index contributed by atoms with van der Waals surface area (Å²) in [6.07, 6.45) is 7.96. The number of rotatable bonds is 6. The maximum atomic E-state index is 5.90. The van der Waals surface area contributed by atoms with Crippen LogP contribution in [0, 0.1) is 5.92 Å². The highest BCUT2D eigenvalue weighted by atomic mass is 16.5. The van der Waals surface area contributed by atoms with Crippen molar-refractivity contribution in [1.82, 2.24) is 14.5 Å². The van der Waals surface area contributed by atoms with Gasteiger partial charge in [0.15, 0.2) is 0 Å². The quantitative estimate of drug-likeness (QED) is 0.804. The van der Waals surface area contributed by atoms with Crippen LogP contribution in [0.3, 0.4) is 0 Å². The Labute approximate surface area is 112 Å². The highest BCUT2D eigenvalue weighted by Crippen LogP contribution is 2.28. The van der Waals surface area contributed by atoms with Crippen molar-refractivity contribution in [3.8, 4) is 11.3 Å². The van der Waals surface area contributed by atoms with Gasteiger partial charge in [-0.25, -0.2) is 9.97 Å². The molecule has 1 aliphatic carbocycles. The Morgan fingerprint density at radius 1 is 1.42 bits per heavy atom. The molecule has 2 heterocycles. The van der Waals surface area contributed by atoms with Gasteiger partial charge < -0.3 is 15.0 Å². The fourth-order valence-electron chi connectivity index (χ4n) is 2.05. The van der Waals surface area contributed by atoms with Crippen molar-refractivity contribution in [3.63, 3.8) is 0 Å². The normalized spacial score (nSPS) is 14.7. The third-order valence-electron chi connectivity index (χ3n) is 3.35. The fourth-order valence-corrected chi connectivity index (χ4v) is 2.05. The molecular weight excluding hydrogens is 240 g/mol. The van der Waals surface area contributed by atoms with Crippen LogP contribution in [-0.4, -0.2) is 27.7 Å². The average molecular weight is 258 g/mol. The van der Waals surface area contributed by atoms with E-state index in [1.807, 2.05) is 24.7 Å². The van der Waals surface area contributed by atoms with Gasteiger partial charge in [-0.05, 0) is 30.9 Å². The molecule has 0 spiro atoms. The van der Waals surface area contributed by atoms with Crippen LogP contribution in [0.4, 0.5) is 5.82 Å². The highest BCUT2D eigenvalue weighted by molar-refractivity contribution is 5.70. The zero-order valence-corrected chi connectivity index (χ0v) is 10.8. The second kappa shape index (κ2) is 5.40. The molecule has 0 atom stereocenters. The Morgan fingerprint density at radius 3 is 3.11 bits per heavy atom. The van der Waals surface area contributed by atoms with Gasteiger partial charge in [0.25, 0.3) is 0 Å². The molecule has 5 nitrogen and oxygen atoms in total. The van der Waals surface area contributed by atoms with E-state index in [9.17, 15) is 0 Å². The lowest BCUT2D eigenvalue weighted by molar-refractivity contribution is 0.117. The van der Waals surface area contributed by atoms with Crippen molar-refractivity contribution in [1.29, 1.82) is 0 Å². The molecule has 19 heavy (non-hydrogen) atoms. The molecular formula is C14H18N4O. The Balaban J connectivity index is 1.65. The number of hydrogen-bond acceptors (Lipinski definition) is 4. The van der Waals surface area contributed by atoms with Gasteiger partial charge in [-0.15, -0.1) is 0 Å². The first kappa shape index (κ1) is 12.2. The number of anilines is 1. The Hall–Kier alpha value is -1.88. The van der Waals surface area contributed by atoms with Crippen molar-refractivity contribution in [3.05, 3.63) is 30.9 Å². The van der Waals surface area contributed by atoms with Crippen LogP contribution in [0.15, 0.2) is 30.9 Å². The molecule has 0 bridgehead atoms. The zero-order valence-electron chi connectivity index (χ0n) is 10.8. The van der Waals surface area contributed by atoms with Gasteiger partial charge in [0.1, 0.15) is 5.82 Å². The molecule has 1 fully saturated rings. The van der Waals surface area contributed by atoms with E-state index >= 15 is 0 Å². The van der Waals surface area contributed by atoms with E-state index in [0.717, 1.165) is 30.3 Å². The van der Waals surface area contributed by atoms with E-state index in [1.165, 1.54) is 12.8 Å². The van der Waals surface area contributed by atoms with Gasteiger partial charge >= 0.3 is 0 Å². The third-order valence-corrected chi connectivity index (χ3v) is 3.35. The maximum absolute atomic E-state index is 5.90. The van der Waals surface area contributed by atoms with Crippen LogP contribution >= 0.6 is 0 Å². The number of nitrogens with zero attached hydrogens (tertiary/aromatic N) is 3. The Kier molecular flexibility index (Phi) is 3.46. The number of imidazole rings is 1. The van der Waals surface area contributed by atoms with Crippen molar-refractivity contribution in [2.24, 2.45) is 5.92 Å². The van der Waals surface area contributed by atoms with E-state index < -0.39 is 0 Å². The largest absolute Gasteiger partial charge is 0.383 e. The predicted octanol–water partition coefficient (Wildman–Crippen LogP) is 1.95. The van der Waals surface area contributed by atoms with E-state index in [1.54, 1.807) is 6.20 Å². The first-order valence-electron chi connectivity index (χ1n) is 6.63. The van der Waals surface area contributed by atoms with Crippen molar-refractivity contribution < 1.29 is 4.74 Å². The van der Waals surface area contributed by atoms with E-state index in [0.29, 0.717) is 12.4 Å². The number of ether oxygens (including phenoxy) is 1. The lowest BCUT2D eigenvalue weighted by Gasteiger charge is -2.09. The van der Waals surface area contributed by atoms with Gasteiger partial charge in [-0.2, -0.15) is 0 Å². The summed E-state index contributed by atoms with van der Waals surface area (Å²) in [4.78, 5) is 8.30. The Morgan fingerprint density at radius 2 is 2.32 bits per heavy atom. The molecule has 0 unspecified atom stereocenters. The lowest BCUT2D eigenvalue weighted by Crippen LogP contribution is -2.08. The SMILES string of the molecule is Nc1ncccc1-c1cncn1CCOCC1CC1. The van der Waals surface area contributed by atoms with Crippen LogP contribution in [-0.2, 0) is 11.3 Å². The number of hydrogen-bond donors (Lipinski definition) is 1. The summed E-state index contributed by atoms with van der Waals surface area (Å²) in [5.74, 6) is 1.33. The second-order valence-electron chi connectivity index (χ2n) is 4.93. The molecule has 0 saturated heterocycles. The van der Waals surface area contributed by atoms with E-state index in [4.69, 9.17) is 10.5 Å². The van der Waals surface area contributed by atoms with Crippen LogP contribution < -0.4 is 5.73 Å². The van der Waals surface area contributed by atoms with Crippen LogP contribution in [0.25, 0.3) is 11.3 Å². The van der Waals surface area contributed by atoms with Crippen LogP contribution in [0.5, 0.6) is 0 Å². The second-order valence-corrected chi connectivity index (χ2v) is 4.93. The maximum Gasteiger partial charge on any atom is 0.132 e. The van der Waals surface area contributed by atoms with Crippen molar-refractivity contribution in [2.75, 3.05) is 18.9 Å². The number of pyridine rings is 1. The monoisotopic (exact) mass is 258 g/mol. The lowest BCUT2D eigenvalue weighted by atomic mass is 10.2. The number of nitrogens with two attached hydrogens (primary N) is 1. The smallest absolute Gasteiger partial charge is 0.132 e. The van der Waals surface area contributed by atoms with Gasteiger partial charge in [0.05, 0.1) is 24.8 Å². The molecule has 1 aliphatic rings. The first-order chi connectivity index (χ1) is 9.34. The molecule has 5 heteroatoms. The highest BCUT2D eigenvalue weighted by Gasteiger charge is 2.21. The summed E-state index contributed by atoms with van der Waals surface area (Å²) in [6, 6.07) is 3.84. The zero-order chi connectivity index (χ0) is 13.1. The average Bonchev–Trinajstić information content (AvgIpc) is 3.13. The molecule has 3 rings (SSSR count). The van der Waals surface area contributed by atoms with Gasteiger partial charge in [0, 0.05) is 24.9 Å². The summed E-state index contributed by atoms with van der Waals surface area (Å²) >= 11 is 0. The van der Waals surface area contributed by atoms with E-state index in [2.05, 4.69) is 14.5 Å². The van der Waals surface area contributed by atoms with Gasteiger partial charge in [0.2, 0.25) is 0 Å². The summed E-state index contributed by atoms with van der Waals surface area (Å²) in [5, 5.41) is 0. The minimum absolute atomic E-state index is 0.531.